The number of methoxy groups -OCH3 is 1. The van der Waals surface area contributed by atoms with Crippen LogP contribution in [0.1, 0.15) is 28.8 Å². The lowest BCUT2D eigenvalue weighted by atomic mass is 9.97. The van der Waals surface area contributed by atoms with Gasteiger partial charge in [-0.15, -0.1) is 12.4 Å². The summed E-state index contributed by atoms with van der Waals surface area (Å²) in [6, 6.07) is 7.58. The Bertz CT molecular complexity index is 414. The van der Waals surface area contributed by atoms with Gasteiger partial charge in [0.2, 0.25) is 0 Å². The molecule has 1 heterocycles. The van der Waals surface area contributed by atoms with Crippen molar-refractivity contribution in [2.45, 2.75) is 19.4 Å². The Morgan fingerprint density at radius 2 is 1.90 bits per heavy atom. The van der Waals surface area contributed by atoms with E-state index in [9.17, 15) is 4.79 Å². The second-order valence-electron chi connectivity index (χ2n) is 5.09. The average molecular weight is 299 g/mol. The summed E-state index contributed by atoms with van der Waals surface area (Å²) in [5.41, 5.74) is 7.36. The smallest absolute Gasteiger partial charge is 0.253 e. The van der Waals surface area contributed by atoms with Crippen molar-refractivity contribution in [3.8, 4) is 0 Å². The highest BCUT2D eigenvalue weighted by atomic mass is 35.5. The summed E-state index contributed by atoms with van der Waals surface area (Å²) in [7, 11) is 1.73. The molecule has 1 aromatic rings. The number of ether oxygens (including phenoxy) is 1. The molecule has 112 valence electrons. The molecule has 2 N–H and O–H groups in total. The SMILES string of the molecule is COCC1CCN(C(=O)c2ccc(CN)cc2)CC1.Cl. The summed E-state index contributed by atoms with van der Waals surface area (Å²) >= 11 is 0. The molecule has 2 rings (SSSR count). The van der Waals surface area contributed by atoms with Crippen LogP contribution < -0.4 is 5.73 Å². The first kappa shape index (κ1) is 17.0. The van der Waals surface area contributed by atoms with Crippen LogP contribution in [0.5, 0.6) is 0 Å². The van der Waals surface area contributed by atoms with Gasteiger partial charge in [-0.2, -0.15) is 0 Å². The number of hydrogen-bond acceptors (Lipinski definition) is 3. The zero-order valence-electron chi connectivity index (χ0n) is 11.9. The Kier molecular flexibility index (Phi) is 6.99. The van der Waals surface area contributed by atoms with E-state index < -0.39 is 0 Å². The van der Waals surface area contributed by atoms with E-state index in [0.717, 1.165) is 43.7 Å². The number of carbonyl (C=O) groups excluding carboxylic acids is 1. The third-order valence-electron chi connectivity index (χ3n) is 3.74. The summed E-state index contributed by atoms with van der Waals surface area (Å²) < 4.78 is 5.17. The lowest BCUT2D eigenvalue weighted by molar-refractivity contribution is 0.0613. The summed E-state index contributed by atoms with van der Waals surface area (Å²) in [4.78, 5) is 14.3. The monoisotopic (exact) mass is 298 g/mol. The molecule has 0 atom stereocenters. The fourth-order valence-corrected chi connectivity index (χ4v) is 2.50. The Morgan fingerprint density at radius 3 is 2.40 bits per heavy atom. The van der Waals surface area contributed by atoms with Crippen molar-refractivity contribution in [2.24, 2.45) is 11.7 Å². The Hall–Kier alpha value is -1.10. The van der Waals surface area contributed by atoms with Crippen LogP contribution in [0.15, 0.2) is 24.3 Å². The molecule has 0 aromatic heterocycles. The van der Waals surface area contributed by atoms with E-state index in [-0.39, 0.29) is 18.3 Å². The van der Waals surface area contributed by atoms with Gasteiger partial charge in [-0.25, -0.2) is 0 Å². The van der Waals surface area contributed by atoms with Crippen molar-refractivity contribution in [1.29, 1.82) is 0 Å². The maximum Gasteiger partial charge on any atom is 0.253 e. The van der Waals surface area contributed by atoms with Crippen LogP contribution in [0.4, 0.5) is 0 Å². The molecule has 5 heteroatoms. The minimum atomic E-state index is 0. The fourth-order valence-electron chi connectivity index (χ4n) is 2.50. The molecular formula is C15H23ClN2O2. The van der Waals surface area contributed by atoms with Crippen LogP contribution in [0.2, 0.25) is 0 Å². The van der Waals surface area contributed by atoms with Gasteiger partial charge >= 0.3 is 0 Å². The average Bonchev–Trinajstić information content (AvgIpc) is 2.48. The third kappa shape index (κ3) is 4.20. The molecule has 0 spiro atoms. The maximum atomic E-state index is 12.3. The van der Waals surface area contributed by atoms with Crippen molar-refractivity contribution < 1.29 is 9.53 Å². The van der Waals surface area contributed by atoms with Gasteiger partial charge in [-0.3, -0.25) is 4.79 Å². The number of nitrogens with zero attached hydrogens (tertiary/aromatic N) is 1. The van der Waals surface area contributed by atoms with Crippen molar-refractivity contribution in [3.05, 3.63) is 35.4 Å². The van der Waals surface area contributed by atoms with Gasteiger partial charge in [0.1, 0.15) is 0 Å². The predicted molar refractivity (Wildman–Crippen MR) is 82.1 cm³/mol. The van der Waals surface area contributed by atoms with Crippen LogP contribution >= 0.6 is 12.4 Å². The molecule has 1 fully saturated rings. The van der Waals surface area contributed by atoms with Crippen molar-refractivity contribution in [2.75, 3.05) is 26.8 Å². The van der Waals surface area contributed by atoms with E-state index >= 15 is 0 Å². The van der Waals surface area contributed by atoms with Crippen LogP contribution in [0.3, 0.4) is 0 Å². The molecule has 0 radical (unpaired) electrons. The molecule has 0 saturated carbocycles. The predicted octanol–water partition coefficient (Wildman–Crippen LogP) is 2.07. The van der Waals surface area contributed by atoms with Crippen LogP contribution in [-0.4, -0.2) is 37.6 Å². The van der Waals surface area contributed by atoms with Crippen molar-refractivity contribution in [1.82, 2.24) is 4.90 Å². The lowest BCUT2D eigenvalue weighted by Gasteiger charge is -2.31. The van der Waals surface area contributed by atoms with Crippen molar-refractivity contribution >= 4 is 18.3 Å². The summed E-state index contributed by atoms with van der Waals surface area (Å²) in [6.45, 7) is 2.96. The molecule has 1 aliphatic rings. The van der Waals surface area contributed by atoms with Crippen LogP contribution in [0, 0.1) is 5.92 Å². The summed E-state index contributed by atoms with van der Waals surface area (Å²) in [6.07, 6.45) is 2.06. The number of piperidine rings is 1. The third-order valence-corrected chi connectivity index (χ3v) is 3.74. The molecule has 0 bridgehead atoms. The lowest BCUT2D eigenvalue weighted by Crippen LogP contribution is -2.39. The van der Waals surface area contributed by atoms with E-state index in [2.05, 4.69) is 0 Å². The minimum Gasteiger partial charge on any atom is -0.384 e. The first-order valence-electron chi connectivity index (χ1n) is 6.82. The van der Waals surface area contributed by atoms with Gasteiger partial charge in [-0.1, -0.05) is 12.1 Å². The number of nitrogens with two attached hydrogens (primary N) is 1. The number of benzene rings is 1. The number of halogens is 1. The Labute approximate surface area is 126 Å². The van der Waals surface area contributed by atoms with E-state index in [4.69, 9.17) is 10.5 Å². The van der Waals surface area contributed by atoms with Gasteiger partial charge in [0.15, 0.2) is 0 Å². The number of amides is 1. The quantitative estimate of drug-likeness (QED) is 0.926. The zero-order valence-corrected chi connectivity index (χ0v) is 12.7. The van der Waals surface area contributed by atoms with Gasteiger partial charge in [-0.05, 0) is 36.5 Å². The molecule has 0 aliphatic carbocycles. The highest BCUT2D eigenvalue weighted by Gasteiger charge is 2.23. The first-order valence-corrected chi connectivity index (χ1v) is 6.82. The largest absolute Gasteiger partial charge is 0.384 e. The van der Waals surface area contributed by atoms with E-state index in [0.29, 0.717) is 12.5 Å². The van der Waals surface area contributed by atoms with Gasteiger partial charge in [0.05, 0.1) is 0 Å². The maximum absolute atomic E-state index is 12.3. The molecule has 1 aliphatic heterocycles. The molecular weight excluding hydrogens is 276 g/mol. The molecule has 1 saturated heterocycles. The second kappa shape index (κ2) is 8.25. The second-order valence-corrected chi connectivity index (χ2v) is 5.09. The van der Waals surface area contributed by atoms with Gasteiger partial charge < -0.3 is 15.4 Å². The Balaban J connectivity index is 0.00000200. The first-order chi connectivity index (χ1) is 9.24. The molecule has 1 amide bonds. The summed E-state index contributed by atoms with van der Waals surface area (Å²) in [5, 5.41) is 0. The van der Waals surface area contributed by atoms with Crippen molar-refractivity contribution in [3.63, 3.8) is 0 Å². The van der Waals surface area contributed by atoms with Crippen LogP contribution in [0.25, 0.3) is 0 Å². The highest BCUT2D eigenvalue weighted by Crippen LogP contribution is 2.19. The fraction of sp³-hybridized carbons (Fsp3) is 0.533. The highest BCUT2D eigenvalue weighted by molar-refractivity contribution is 5.94. The van der Waals surface area contributed by atoms with Gasteiger partial charge in [0, 0.05) is 38.9 Å². The molecule has 20 heavy (non-hydrogen) atoms. The summed E-state index contributed by atoms with van der Waals surface area (Å²) in [5.74, 6) is 0.716. The van der Waals surface area contributed by atoms with E-state index in [1.165, 1.54) is 0 Å². The number of hydrogen-bond donors (Lipinski definition) is 1. The van der Waals surface area contributed by atoms with E-state index in [1.54, 1.807) is 7.11 Å². The number of likely N-dealkylation sites (tertiary alicyclic amines) is 1. The Morgan fingerprint density at radius 1 is 1.30 bits per heavy atom. The zero-order chi connectivity index (χ0) is 13.7. The van der Waals surface area contributed by atoms with Gasteiger partial charge in [0.25, 0.3) is 5.91 Å². The normalized spacial score (nSPS) is 15.8. The molecule has 0 unspecified atom stereocenters. The molecule has 4 nitrogen and oxygen atoms in total. The van der Waals surface area contributed by atoms with Crippen LogP contribution in [-0.2, 0) is 11.3 Å². The minimum absolute atomic E-state index is 0. The molecule has 1 aromatic carbocycles. The standard InChI is InChI=1S/C15H22N2O2.ClH/c1-19-11-13-6-8-17(9-7-13)15(18)14-4-2-12(10-16)3-5-14;/h2-5,13H,6-11,16H2,1H3;1H. The number of carbonyl (C=O) groups is 1. The van der Waals surface area contributed by atoms with E-state index in [1.807, 2.05) is 29.2 Å². The number of rotatable bonds is 4. The topological polar surface area (TPSA) is 55.6 Å².